The second-order valence-corrected chi connectivity index (χ2v) is 6.49. The lowest BCUT2D eigenvalue weighted by molar-refractivity contribution is 0.0893. The number of hydrogen-bond acceptors (Lipinski definition) is 5. The molecule has 1 N–H and O–H groups in total. The van der Waals surface area contributed by atoms with Crippen LogP contribution in [-0.4, -0.2) is 46.4 Å². The Morgan fingerprint density at radius 3 is 2.52 bits per heavy atom. The Labute approximate surface area is 160 Å². The van der Waals surface area contributed by atoms with Gasteiger partial charge in [-0.15, -0.1) is 0 Å². The molecule has 6 heteroatoms. The summed E-state index contributed by atoms with van der Waals surface area (Å²) in [7, 11) is 4.84. The van der Waals surface area contributed by atoms with Crippen LogP contribution in [0.2, 0.25) is 0 Å². The molecule has 144 valence electrons. The molecule has 6 nitrogen and oxygen atoms in total. The van der Waals surface area contributed by atoms with Gasteiger partial charge in [0.1, 0.15) is 0 Å². The zero-order chi connectivity index (χ0) is 19.2. The van der Waals surface area contributed by atoms with Gasteiger partial charge >= 0.3 is 0 Å². The molecule has 1 aliphatic rings. The molecule has 0 radical (unpaired) electrons. The van der Waals surface area contributed by atoms with Crippen molar-refractivity contribution in [1.29, 1.82) is 0 Å². The molecule has 0 saturated carbocycles. The summed E-state index contributed by atoms with van der Waals surface area (Å²) in [5.74, 6) is 0.710. The summed E-state index contributed by atoms with van der Waals surface area (Å²) in [6, 6.07) is 13.1. The van der Waals surface area contributed by atoms with Crippen molar-refractivity contribution in [3.8, 4) is 11.5 Å². The van der Waals surface area contributed by atoms with Crippen molar-refractivity contribution in [3.05, 3.63) is 48.0 Å². The number of benzene rings is 2. The number of amides is 1. The molecule has 1 aliphatic heterocycles. The summed E-state index contributed by atoms with van der Waals surface area (Å²) >= 11 is 0. The third-order valence-corrected chi connectivity index (χ3v) is 4.85. The molecular weight excluding hydrogens is 344 g/mol. The topological polar surface area (TPSA) is 60.0 Å². The van der Waals surface area contributed by atoms with E-state index in [1.54, 1.807) is 32.4 Å². The molecule has 1 fully saturated rings. The van der Waals surface area contributed by atoms with Crippen LogP contribution in [0.25, 0.3) is 0 Å². The summed E-state index contributed by atoms with van der Waals surface area (Å²) in [5, 5.41) is 2.92. The maximum absolute atomic E-state index is 12.7. The smallest absolute Gasteiger partial charge is 0.259 e. The van der Waals surface area contributed by atoms with Crippen LogP contribution in [0.4, 0.5) is 11.4 Å². The highest BCUT2D eigenvalue weighted by atomic mass is 16.5. The Hall–Kier alpha value is -2.73. The third kappa shape index (κ3) is 4.34. The molecule has 27 heavy (non-hydrogen) atoms. The fourth-order valence-corrected chi connectivity index (χ4v) is 3.39. The van der Waals surface area contributed by atoms with Crippen molar-refractivity contribution in [2.45, 2.75) is 18.9 Å². The summed E-state index contributed by atoms with van der Waals surface area (Å²) in [6.07, 6.45) is 2.49. The fraction of sp³-hybridized carbons (Fsp3) is 0.381. The average Bonchev–Trinajstić information content (AvgIpc) is 2.73. The van der Waals surface area contributed by atoms with Gasteiger partial charge in [0.25, 0.3) is 5.91 Å². The van der Waals surface area contributed by atoms with Gasteiger partial charge in [-0.2, -0.15) is 0 Å². The minimum atomic E-state index is -0.240. The minimum absolute atomic E-state index is 0.240. The Bertz CT molecular complexity index is 776. The number of carbonyl (C=O) groups is 1. The van der Waals surface area contributed by atoms with Gasteiger partial charge in [0, 0.05) is 31.6 Å². The number of anilines is 2. The fourth-order valence-electron chi connectivity index (χ4n) is 3.39. The molecule has 1 unspecified atom stereocenters. The number of piperidine rings is 1. The van der Waals surface area contributed by atoms with E-state index in [-0.39, 0.29) is 12.0 Å². The van der Waals surface area contributed by atoms with E-state index in [9.17, 15) is 4.79 Å². The van der Waals surface area contributed by atoms with E-state index in [4.69, 9.17) is 14.2 Å². The number of methoxy groups -OCH3 is 3. The van der Waals surface area contributed by atoms with Crippen LogP contribution in [0, 0.1) is 0 Å². The van der Waals surface area contributed by atoms with Crippen molar-refractivity contribution in [2.24, 2.45) is 0 Å². The normalized spacial score (nSPS) is 16.7. The van der Waals surface area contributed by atoms with E-state index in [0.717, 1.165) is 37.3 Å². The molecule has 3 rings (SSSR count). The van der Waals surface area contributed by atoms with Gasteiger partial charge < -0.3 is 24.4 Å². The molecule has 1 heterocycles. The molecule has 1 amide bonds. The van der Waals surface area contributed by atoms with E-state index in [0.29, 0.717) is 17.1 Å². The lowest BCUT2D eigenvalue weighted by Gasteiger charge is -2.33. The van der Waals surface area contributed by atoms with Crippen LogP contribution in [-0.2, 0) is 4.74 Å². The number of carbonyl (C=O) groups excluding carboxylic acids is 1. The number of para-hydroxylation sites is 1. The van der Waals surface area contributed by atoms with Gasteiger partial charge in [-0.05, 0) is 49.2 Å². The molecular formula is C21H26N2O4. The van der Waals surface area contributed by atoms with E-state index < -0.39 is 0 Å². The number of nitrogens with zero attached hydrogens (tertiary/aromatic N) is 1. The first-order valence-corrected chi connectivity index (χ1v) is 9.06. The van der Waals surface area contributed by atoms with Gasteiger partial charge in [-0.3, -0.25) is 4.79 Å². The molecule has 0 aromatic heterocycles. The maximum atomic E-state index is 12.7. The van der Waals surface area contributed by atoms with Crippen molar-refractivity contribution >= 4 is 17.3 Å². The van der Waals surface area contributed by atoms with E-state index in [1.165, 1.54) is 7.11 Å². The summed E-state index contributed by atoms with van der Waals surface area (Å²) < 4.78 is 16.1. The van der Waals surface area contributed by atoms with Crippen LogP contribution >= 0.6 is 0 Å². The highest BCUT2D eigenvalue weighted by Gasteiger charge is 2.20. The first-order chi connectivity index (χ1) is 13.2. The molecule has 0 bridgehead atoms. The quantitative estimate of drug-likeness (QED) is 0.842. The van der Waals surface area contributed by atoms with Crippen molar-refractivity contribution in [1.82, 2.24) is 0 Å². The minimum Gasteiger partial charge on any atom is -0.493 e. The number of hydrogen-bond donors (Lipinski definition) is 1. The molecule has 2 aromatic carbocycles. The van der Waals surface area contributed by atoms with E-state index >= 15 is 0 Å². The van der Waals surface area contributed by atoms with Crippen LogP contribution in [0.3, 0.4) is 0 Å². The zero-order valence-electron chi connectivity index (χ0n) is 16.0. The predicted octanol–water partition coefficient (Wildman–Crippen LogP) is 3.57. The summed E-state index contributed by atoms with van der Waals surface area (Å²) in [6.45, 7) is 1.91. The highest BCUT2D eigenvalue weighted by Crippen LogP contribution is 2.31. The van der Waals surface area contributed by atoms with Gasteiger partial charge in [0.05, 0.1) is 25.9 Å². The van der Waals surface area contributed by atoms with Crippen LogP contribution in [0.15, 0.2) is 42.5 Å². The summed E-state index contributed by atoms with van der Waals surface area (Å²) in [4.78, 5) is 15.0. The van der Waals surface area contributed by atoms with Crippen LogP contribution < -0.4 is 19.7 Å². The van der Waals surface area contributed by atoms with Crippen molar-refractivity contribution in [2.75, 3.05) is 44.6 Å². The summed E-state index contributed by atoms with van der Waals surface area (Å²) in [5.41, 5.74) is 2.29. The first kappa shape index (κ1) is 19.0. The predicted molar refractivity (Wildman–Crippen MR) is 106 cm³/mol. The number of nitrogens with one attached hydrogen (secondary N) is 1. The number of ether oxygens (including phenoxy) is 3. The lowest BCUT2D eigenvalue weighted by Crippen LogP contribution is -2.39. The second-order valence-electron chi connectivity index (χ2n) is 6.49. The standard InChI is InChI=1S/C21H26N2O4/c1-25-17-6-5-13-23(14-17)16-11-9-15(10-12-16)22-21(24)18-7-4-8-19(26-2)20(18)27-3/h4,7-12,17H,5-6,13-14H2,1-3H3,(H,22,24). The number of rotatable bonds is 6. The van der Waals surface area contributed by atoms with Crippen LogP contribution in [0.1, 0.15) is 23.2 Å². The van der Waals surface area contributed by atoms with Gasteiger partial charge in [-0.25, -0.2) is 0 Å². The Balaban J connectivity index is 1.71. The van der Waals surface area contributed by atoms with E-state index in [2.05, 4.69) is 10.2 Å². The Morgan fingerprint density at radius 1 is 1.07 bits per heavy atom. The highest BCUT2D eigenvalue weighted by molar-refractivity contribution is 6.06. The second kappa shape index (κ2) is 8.77. The molecule has 1 atom stereocenters. The third-order valence-electron chi connectivity index (χ3n) is 4.85. The maximum Gasteiger partial charge on any atom is 0.259 e. The van der Waals surface area contributed by atoms with Gasteiger partial charge in [0.15, 0.2) is 11.5 Å². The molecule has 0 aliphatic carbocycles. The van der Waals surface area contributed by atoms with Gasteiger partial charge in [-0.1, -0.05) is 6.07 Å². The van der Waals surface area contributed by atoms with Gasteiger partial charge in [0.2, 0.25) is 0 Å². The molecule has 1 saturated heterocycles. The lowest BCUT2D eigenvalue weighted by atomic mass is 10.1. The molecule has 2 aromatic rings. The van der Waals surface area contributed by atoms with Crippen LogP contribution in [0.5, 0.6) is 11.5 Å². The SMILES string of the molecule is COc1cccc(C(=O)Nc2ccc(N3CCCC(OC)C3)cc2)c1OC. The Kier molecular flexibility index (Phi) is 6.19. The van der Waals surface area contributed by atoms with E-state index in [1.807, 2.05) is 24.3 Å². The average molecular weight is 370 g/mol. The first-order valence-electron chi connectivity index (χ1n) is 9.06. The Morgan fingerprint density at radius 2 is 1.85 bits per heavy atom. The largest absolute Gasteiger partial charge is 0.493 e. The van der Waals surface area contributed by atoms with Crippen molar-refractivity contribution < 1.29 is 19.0 Å². The molecule has 0 spiro atoms. The van der Waals surface area contributed by atoms with Crippen molar-refractivity contribution in [3.63, 3.8) is 0 Å². The monoisotopic (exact) mass is 370 g/mol. The zero-order valence-corrected chi connectivity index (χ0v) is 16.0.